The largest absolute Gasteiger partial charge is 0.504 e. The van der Waals surface area contributed by atoms with Crippen LogP contribution in [0.5, 0.6) is 46.0 Å². The van der Waals surface area contributed by atoms with E-state index < -0.39 is 24.4 Å². The van der Waals surface area contributed by atoms with Gasteiger partial charge in [-0.25, -0.2) is 0 Å². The number of benzene rings is 4. The third-order valence-corrected chi connectivity index (χ3v) is 10.5. The Hall–Kier alpha value is -4.88. The van der Waals surface area contributed by atoms with E-state index >= 15 is 0 Å². The fourth-order valence-electron chi connectivity index (χ4n) is 7.24. The standard InChI is InChI=1S/2C22H30O6/c2*1-13(23)3-6-17(9-15-4-7-19(25)21(27)11-15)18(14(2)24)10-16-5-8-20(26)22(28)12-16/h2*4-5,7-8,11-14,17-18,23-28H,3,6,9-10H2,1-2H3/t13-,14-,17+,18-;13-,14-,17-,18+/m00/s1. The molecule has 0 amide bonds. The fraction of sp³-hybridized carbons (Fsp3) is 0.455. The average Bonchev–Trinajstić information content (AvgIpc) is 3.12. The molecule has 0 saturated carbocycles. The number of aliphatic hydroxyl groups excluding tert-OH is 4. The third kappa shape index (κ3) is 14.3. The maximum absolute atomic E-state index is 10.4. The molecule has 4 rings (SSSR count). The number of aromatic hydroxyl groups is 8. The van der Waals surface area contributed by atoms with Crippen molar-refractivity contribution in [2.75, 3.05) is 0 Å². The highest BCUT2D eigenvalue weighted by Crippen LogP contribution is 2.36. The maximum Gasteiger partial charge on any atom is 0.157 e. The Morgan fingerprint density at radius 2 is 0.589 bits per heavy atom. The zero-order valence-electron chi connectivity index (χ0n) is 32.6. The highest BCUT2D eigenvalue weighted by atomic mass is 16.3. The van der Waals surface area contributed by atoms with Gasteiger partial charge in [0.25, 0.3) is 0 Å². The molecular weight excluding hydrogens is 720 g/mol. The van der Waals surface area contributed by atoms with Crippen LogP contribution in [0.25, 0.3) is 0 Å². The molecule has 12 N–H and O–H groups in total. The molecule has 0 aliphatic rings. The number of phenols is 8. The molecule has 0 heterocycles. The minimum Gasteiger partial charge on any atom is -0.504 e. The molecule has 0 aliphatic heterocycles. The van der Waals surface area contributed by atoms with E-state index in [1.165, 1.54) is 48.5 Å². The van der Waals surface area contributed by atoms with E-state index in [9.17, 15) is 61.3 Å². The highest BCUT2D eigenvalue weighted by molar-refractivity contribution is 5.43. The van der Waals surface area contributed by atoms with Crippen molar-refractivity contribution in [3.05, 3.63) is 95.1 Å². The molecule has 0 spiro atoms. The van der Waals surface area contributed by atoms with E-state index in [0.717, 1.165) is 22.3 Å². The lowest BCUT2D eigenvalue weighted by molar-refractivity contribution is 0.0750. The van der Waals surface area contributed by atoms with Crippen LogP contribution in [0.15, 0.2) is 72.8 Å². The van der Waals surface area contributed by atoms with Crippen molar-refractivity contribution in [1.29, 1.82) is 0 Å². The first-order valence-corrected chi connectivity index (χ1v) is 19.1. The van der Waals surface area contributed by atoms with Gasteiger partial charge in [0.2, 0.25) is 0 Å². The zero-order valence-corrected chi connectivity index (χ0v) is 32.6. The van der Waals surface area contributed by atoms with Crippen molar-refractivity contribution < 1.29 is 61.3 Å². The van der Waals surface area contributed by atoms with E-state index in [0.29, 0.717) is 51.4 Å². The van der Waals surface area contributed by atoms with Gasteiger partial charge in [-0.15, -0.1) is 0 Å². The van der Waals surface area contributed by atoms with Gasteiger partial charge in [0.05, 0.1) is 24.4 Å². The Morgan fingerprint density at radius 3 is 0.804 bits per heavy atom. The molecule has 0 bridgehead atoms. The minimum atomic E-state index is -0.638. The van der Waals surface area contributed by atoms with Gasteiger partial charge in [0, 0.05) is 0 Å². The van der Waals surface area contributed by atoms with Crippen LogP contribution >= 0.6 is 0 Å². The van der Waals surface area contributed by atoms with Gasteiger partial charge < -0.3 is 61.3 Å². The zero-order chi connectivity index (χ0) is 41.7. The van der Waals surface area contributed by atoms with Gasteiger partial charge in [-0.1, -0.05) is 24.3 Å². The Labute approximate surface area is 328 Å². The summed E-state index contributed by atoms with van der Waals surface area (Å²) in [5.41, 5.74) is 3.23. The van der Waals surface area contributed by atoms with Crippen LogP contribution in [0, 0.1) is 23.7 Å². The molecule has 12 nitrogen and oxygen atoms in total. The molecule has 4 aromatic rings. The van der Waals surface area contributed by atoms with Crippen LogP contribution in [-0.4, -0.2) is 85.7 Å². The molecule has 8 atom stereocenters. The van der Waals surface area contributed by atoms with Crippen molar-refractivity contribution >= 4 is 0 Å². The Bertz CT molecular complexity index is 1670. The second-order valence-electron chi connectivity index (χ2n) is 15.3. The first-order chi connectivity index (χ1) is 26.3. The molecular formula is C44H60O12. The second kappa shape index (κ2) is 21.4. The van der Waals surface area contributed by atoms with Gasteiger partial charge in [-0.2, -0.15) is 0 Å². The van der Waals surface area contributed by atoms with Crippen LogP contribution in [-0.2, 0) is 25.7 Å². The lowest BCUT2D eigenvalue weighted by atomic mass is 9.77. The summed E-state index contributed by atoms with van der Waals surface area (Å²) in [6.45, 7) is 6.88. The number of hydrogen-bond acceptors (Lipinski definition) is 12. The topological polar surface area (TPSA) is 243 Å². The van der Waals surface area contributed by atoms with E-state index in [2.05, 4.69) is 0 Å². The van der Waals surface area contributed by atoms with Gasteiger partial charge in [0.1, 0.15) is 0 Å². The molecule has 12 heteroatoms. The van der Waals surface area contributed by atoms with Crippen molar-refractivity contribution in [3.63, 3.8) is 0 Å². The SMILES string of the molecule is C[C@H](O)CC[C@@H](Cc1ccc(O)c(O)c1)[C@H](Cc1ccc(O)c(O)c1)[C@H](C)O.C[C@H](O)CC[C@H](Cc1ccc(O)c(O)c1)[C@@H](Cc1ccc(O)c(O)c1)[C@H](C)O. The molecule has 0 aromatic heterocycles. The van der Waals surface area contributed by atoms with E-state index in [4.69, 9.17) is 0 Å². The quantitative estimate of drug-likeness (QED) is 0.0510. The van der Waals surface area contributed by atoms with Crippen LogP contribution in [0.3, 0.4) is 0 Å². The Balaban J connectivity index is 0.000000300. The van der Waals surface area contributed by atoms with Crippen LogP contribution in [0.1, 0.15) is 75.6 Å². The number of phenolic OH excluding ortho intramolecular Hbond substituents is 8. The number of hydrogen-bond donors (Lipinski definition) is 12. The monoisotopic (exact) mass is 780 g/mol. The Morgan fingerprint density at radius 1 is 0.339 bits per heavy atom. The first-order valence-electron chi connectivity index (χ1n) is 19.1. The molecule has 0 saturated heterocycles. The van der Waals surface area contributed by atoms with Crippen molar-refractivity contribution in [2.45, 2.75) is 103 Å². The minimum absolute atomic E-state index is 0.00510. The summed E-state index contributed by atoms with van der Waals surface area (Å²) < 4.78 is 0. The molecule has 0 unspecified atom stereocenters. The van der Waals surface area contributed by atoms with E-state index in [1.807, 2.05) is 0 Å². The lowest BCUT2D eigenvalue weighted by Crippen LogP contribution is -2.30. The summed E-state index contributed by atoms with van der Waals surface area (Å²) >= 11 is 0. The van der Waals surface area contributed by atoms with Gasteiger partial charge in [-0.05, 0) is 174 Å². The predicted molar refractivity (Wildman–Crippen MR) is 213 cm³/mol. The summed E-state index contributed by atoms with van der Waals surface area (Å²) in [4.78, 5) is 0. The summed E-state index contributed by atoms with van der Waals surface area (Å²) in [5, 5.41) is 118. The summed E-state index contributed by atoms with van der Waals surface area (Å²) in [7, 11) is 0. The molecule has 0 aliphatic carbocycles. The first kappa shape index (κ1) is 45.5. The lowest BCUT2D eigenvalue weighted by Gasteiger charge is -2.30. The van der Waals surface area contributed by atoms with Gasteiger partial charge in [0.15, 0.2) is 46.0 Å². The fourth-order valence-corrected chi connectivity index (χ4v) is 7.24. The van der Waals surface area contributed by atoms with E-state index in [1.54, 1.807) is 52.0 Å². The highest BCUT2D eigenvalue weighted by Gasteiger charge is 2.29. The van der Waals surface area contributed by atoms with Crippen molar-refractivity contribution in [2.24, 2.45) is 23.7 Å². The van der Waals surface area contributed by atoms with Gasteiger partial charge in [-0.3, -0.25) is 0 Å². The molecule has 56 heavy (non-hydrogen) atoms. The van der Waals surface area contributed by atoms with Crippen LogP contribution in [0.2, 0.25) is 0 Å². The molecule has 0 radical (unpaired) electrons. The summed E-state index contributed by atoms with van der Waals surface area (Å²) in [6, 6.07) is 18.6. The smallest absolute Gasteiger partial charge is 0.157 e. The van der Waals surface area contributed by atoms with E-state index in [-0.39, 0.29) is 69.7 Å². The van der Waals surface area contributed by atoms with Crippen molar-refractivity contribution in [1.82, 2.24) is 0 Å². The second-order valence-corrected chi connectivity index (χ2v) is 15.3. The molecule has 308 valence electrons. The van der Waals surface area contributed by atoms with Gasteiger partial charge >= 0.3 is 0 Å². The molecule has 4 aromatic carbocycles. The normalized spacial score (nSPS) is 15.7. The van der Waals surface area contributed by atoms with Crippen LogP contribution < -0.4 is 0 Å². The maximum atomic E-state index is 10.4. The summed E-state index contributed by atoms with van der Waals surface area (Å²) in [5.74, 6) is -1.89. The predicted octanol–water partition coefficient (Wildman–Crippen LogP) is 6.14. The molecule has 0 fully saturated rings. The third-order valence-electron chi connectivity index (χ3n) is 10.5. The number of aliphatic hydroxyl groups is 4. The Kier molecular flexibility index (Phi) is 17.4. The number of rotatable bonds is 18. The van der Waals surface area contributed by atoms with Crippen LogP contribution in [0.4, 0.5) is 0 Å². The van der Waals surface area contributed by atoms with Crippen molar-refractivity contribution in [3.8, 4) is 46.0 Å². The average molecular weight is 781 g/mol. The summed E-state index contributed by atoms with van der Waals surface area (Å²) in [6.07, 6.45) is 2.34.